The van der Waals surface area contributed by atoms with E-state index in [0.29, 0.717) is 10.8 Å². The maximum Gasteiger partial charge on any atom is 0.261 e. The Bertz CT molecular complexity index is 431. The third-order valence-corrected chi connectivity index (χ3v) is 4.48. The van der Waals surface area contributed by atoms with Crippen LogP contribution in [-0.4, -0.2) is 24.4 Å². The number of rotatable bonds is 4. The molecule has 0 unspecified atom stereocenters. The maximum atomic E-state index is 11.8. The van der Waals surface area contributed by atoms with E-state index in [4.69, 9.17) is 0 Å². The molecule has 1 aliphatic rings. The first-order valence-electron chi connectivity index (χ1n) is 6.78. The average Bonchev–Trinajstić information content (AvgIpc) is 2.93. The van der Waals surface area contributed by atoms with Gasteiger partial charge in [0.15, 0.2) is 0 Å². The summed E-state index contributed by atoms with van der Waals surface area (Å²) in [6.07, 6.45) is 4.65. The maximum absolute atomic E-state index is 11.8. The summed E-state index contributed by atoms with van der Waals surface area (Å²) in [5.74, 6) is 0.260. The number of hydrogen-bond donors (Lipinski definition) is 2. The number of carbonyl (C=O) groups excluding carboxylic acids is 2. The molecule has 0 radical (unpaired) electrons. The minimum atomic E-state index is -0.179. The SMILES string of the molecule is C[C@H]1CCCC[C@H]1NC(=O)CNC(=O)c1cccs1. The van der Waals surface area contributed by atoms with Crippen molar-refractivity contribution in [2.75, 3.05) is 6.54 Å². The Kier molecular flexibility index (Phi) is 4.96. The van der Waals surface area contributed by atoms with Gasteiger partial charge in [-0.3, -0.25) is 9.59 Å². The van der Waals surface area contributed by atoms with Gasteiger partial charge in [0.2, 0.25) is 5.91 Å². The van der Waals surface area contributed by atoms with Crippen molar-refractivity contribution in [3.8, 4) is 0 Å². The summed E-state index contributed by atoms with van der Waals surface area (Å²) < 4.78 is 0. The largest absolute Gasteiger partial charge is 0.352 e. The van der Waals surface area contributed by atoms with Crippen LogP contribution in [0.4, 0.5) is 0 Å². The third-order valence-electron chi connectivity index (χ3n) is 3.61. The molecule has 1 heterocycles. The first kappa shape index (κ1) is 14.1. The van der Waals surface area contributed by atoms with E-state index in [1.54, 1.807) is 6.07 Å². The molecule has 4 nitrogen and oxygen atoms in total. The van der Waals surface area contributed by atoms with E-state index in [1.807, 2.05) is 11.4 Å². The van der Waals surface area contributed by atoms with Gasteiger partial charge in [-0.2, -0.15) is 0 Å². The van der Waals surface area contributed by atoms with Crippen LogP contribution in [-0.2, 0) is 4.79 Å². The fourth-order valence-electron chi connectivity index (χ4n) is 2.44. The van der Waals surface area contributed by atoms with Crippen LogP contribution in [0.15, 0.2) is 17.5 Å². The lowest BCUT2D eigenvalue weighted by atomic mass is 9.86. The number of thiophene rings is 1. The number of carbonyl (C=O) groups is 2. The molecule has 1 aromatic heterocycles. The Morgan fingerprint density at radius 1 is 1.37 bits per heavy atom. The second-order valence-electron chi connectivity index (χ2n) is 5.10. The van der Waals surface area contributed by atoms with Gasteiger partial charge in [0.25, 0.3) is 5.91 Å². The summed E-state index contributed by atoms with van der Waals surface area (Å²) in [6.45, 7) is 2.23. The summed E-state index contributed by atoms with van der Waals surface area (Å²) in [5, 5.41) is 7.51. The summed E-state index contributed by atoms with van der Waals surface area (Å²) in [4.78, 5) is 24.1. The predicted octanol–water partition coefficient (Wildman–Crippen LogP) is 2.17. The molecule has 0 bridgehead atoms. The number of amides is 2. The molecule has 2 rings (SSSR count). The molecule has 0 aromatic carbocycles. The minimum Gasteiger partial charge on any atom is -0.352 e. The fourth-order valence-corrected chi connectivity index (χ4v) is 3.08. The molecule has 0 saturated heterocycles. The lowest BCUT2D eigenvalue weighted by Gasteiger charge is -2.29. The molecule has 1 aliphatic carbocycles. The van der Waals surface area contributed by atoms with Crippen molar-refractivity contribution in [2.45, 2.75) is 38.6 Å². The van der Waals surface area contributed by atoms with Crippen LogP contribution in [0.25, 0.3) is 0 Å². The smallest absolute Gasteiger partial charge is 0.261 e. The predicted molar refractivity (Wildman–Crippen MR) is 76.2 cm³/mol. The molecule has 5 heteroatoms. The van der Waals surface area contributed by atoms with Gasteiger partial charge in [-0.05, 0) is 30.2 Å². The van der Waals surface area contributed by atoms with Crippen molar-refractivity contribution >= 4 is 23.2 Å². The van der Waals surface area contributed by atoms with Gasteiger partial charge in [-0.25, -0.2) is 0 Å². The minimum absolute atomic E-state index is 0.0555. The van der Waals surface area contributed by atoms with Gasteiger partial charge >= 0.3 is 0 Å². The fraction of sp³-hybridized carbons (Fsp3) is 0.571. The Hall–Kier alpha value is -1.36. The van der Waals surface area contributed by atoms with Crippen molar-refractivity contribution in [1.82, 2.24) is 10.6 Å². The van der Waals surface area contributed by atoms with Crippen molar-refractivity contribution in [3.05, 3.63) is 22.4 Å². The zero-order chi connectivity index (χ0) is 13.7. The molecule has 2 N–H and O–H groups in total. The summed E-state index contributed by atoms with van der Waals surface area (Å²) >= 11 is 1.38. The Morgan fingerprint density at radius 3 is 2.84 bits per heavy atom. The van der Waals surface area contributed by atoms with Gasteiger partial charge in [0, 0.05) is 6.04 Å². The van der Waals surface area contributed by atoms with Crippen LogP contribution in [0.2, 0.25) is 0 Å². The van der Waals surface area contributed by atoms with Crippen LogP contribution in [0, 0.1) is 5.92 Å². The van der Waals surface area contributed by atoms with Gasteiger partial charge in [0.1, 0.15) is 0 Å². The van der Waals surface area contributed by atoms with Crippen molar-refractivity contribution in [1.29, 1.82) is 0 Å². The van der Waals surface area contributed by atoms with Gasteiger partial charge in [0.05, 0.1) is 11.4 Å². The van der Waals surface area contributed by atoms with Crippen molar-refractivity contribution in [3.63, 3.8) is 0 Å². The van der Waals surface area contributed by atoms with Crippen LogP contribution in [0.3, 0.4) is 0 Å². The normalized spacial score (nSPS) is 22.8. The Morgan fingerprint density at radius 2 is 2.16 bits per heavy atom. The van der Waals surface area contributed by atoms with E-state index >= 15 is 0 Å². The Balaban J connectivity index is 1.74. The molecular weight excluding hydrogens is 260 g/mol. The van der Waals surface area contributed by atoms with E-state index in [-0.39, 0.29) is 24.4 Å². The first-order chi connectivity index (χ1) is 9.16. The lowest BCUT2D eigenvalue weighted by Crippen LogP contribution is -2.45. The molecule has 104 valence electrons. The molecule has 0 aliphatic heterocycles. The highest BCUT2D eigenvalue weighted by atomic mass is 32.1. The Labute approximate surface area is 117 Å². The summed E-state index contributed by atoms with van der Waals surface area (Å²) in [5.41, 5.74) is 0. The monoisotopic (exact) mass is 280 g/mol. The molecule has 2 amide bonds. The highest BCUT2D eigenvalue weighted by Crippen LogP contribution is 2.23. The van der Waals surface area contributed by atoms with E-state index in [1.165, 1.54) is 30.6 Å². The van der Waals surface area contributed by atoms with Crippen LogP contribution in [0.1, 0.15) is 42.3 Å². The van der Waals surface area contributed by atoms with Gasteiger partial charge in [-0.1, -0.05) is 25.8 Å². The number of nitrogens with one attached hydrogen (secondary N) is 2. The molecule has 1 saturated carbocycles. The topological polar surface area (TPSA) is 58.2 Å². The second-order valence-corrected chi connectivity index (χ2v) is 6.04. The van der Waals surface area contributed by atoms with Crippen LogP contribution >= 0.6 is 11.3 Å². The molecular formula is C14H20N2O2S. The van der Waals surface area contributed by atoms with Crippen molar-refractivity contribution in [2.24, 2.45) is 5.92 Å². The zero-order valence-electron chi connectivity index (χ0n) is 11.1. The third kappa shape index (κ3) is 4.06. The van der Waals surface area contributed by atoms with E-state index in [0.717, 1.165) is 6.42 Å². The molecule has 1 aromatic rings. The van der Waals surface area contributed by atoms with E-state index in [9.17, 15) is 9.59 Å². The molecule has 19 heavy (non-hydrogen) atoms. The highest BCUT2D eigenvalue weighted by Gasteiger charge is 2.22. The molecule has 1 fully saturated rings. The first-order valence-corrected chi connectivity index (χ1v) is 7.66. The highest BCUT2D eigenvalue weighted by molar-refractivity contribution is 7.12. The molecule has 2 atom stereocenters. The summed E-state index contributed by atoms with van der Waals surface area (Å²) in [7, 11) is 0. The quantitative estimate of drug-likeness (QED) is 0.888. The van der Waals surface area contributed by atoms with E-state index < -0.39 is 0 Å². The summed E-state index contributed by atoms with van der Waals surface area (Å²) in [6, 6.07) is 3.84. The van der Waals surface area contributed by atoms with E-state index in [2.05, 4.69) is 17.6 Å². The lowest BCUT2D eigenvalue weighted by molar-refractivity contribution is -0.121. The second kappa shape index (κ2) is 6.70. The van der Waals surface area contributed by atoms with Crippen LogP contribution in [0.5, 0.6) is 0 Å². The van der Waals surface area contributed by atoms with Crippen molar-refractivity contribution < 1.29 is 9.59 Å². The zero-order valence-corrected chi connectivity index (χ0v) is 12.0. The number of hydrogen-bond acceptors (Lipinski definition) is 3. The molecule has 0 spiro atoms. The van der Waals surface area contributed by atoms with Crippen LogP contribution < -0.4 is 10.6 Å². The standard InChI is InChI=1S/C14H20N2O2S/c1-10-5-2-3-6-11(10)16-13(17)9-15-14(18)12-7-4-8-19-12/h4,7-8,10-11H,2-3,5-6,9H2,1H3,(H,15,18)(H,16,17)/t10-,11+/m0/s1. The van der Waals surface area contributed by atoms with Gasteiger partial charge < -0.3 is 10.6 Å². The van der Waals surface area contributed by atoms with Gasteiger partial charge in [-0.15, -0.1) is 11.3 Å². The average molecular weight is 280 g/mol.